The second-order valence-electron chi connectivity index (χ2n) is 4.78. The molecule has 1 unspecified atom stereocenters. The first-order valence-electron chi connectivity index (χ1n) is 6.47. The van der Waals surface area contributed by atoms with Crippen molar-refractivity contribution in [3.63, 3.8) is 0 Å². The van der Waals surface area contributed by atoms with Crippen LogP contribution < -0.4 is 5.32 Å². The Kier molecular flexibility index (Phi) is 6.21. The molecule has 1 aromatic carbocycles. The molecule has 0 saturated heterocycles. The third kappa shape index (κ3) is 6.02. The molecule has 1 aromatic rings. The number of carboxylic acid groups (broad SMARTS) is 1. The topological polar surface area (TPSA) is 75.6 Å². The average molecular weight is 319 g/mol. The lowest BCUT2D eigenvalue weighted by molar-refractivity contribution is -0.174. The smallest absolute Gasteiger partial charge is 0.408 e. The van der Waals surface area contributed by atoms with Crippen molar-refractivity contribution in [2.75, 3.05) is 0 Å². The van der Waals surface area contributed by atoms with Crippen molar-refractivity contribution in [1.82, 2.24) is 5.32 Å². The molecule has 0 aliphatic heterocycles. The average Bonchev–Trinajstić information content (AvgIpc) is 2.44. The van der Waals surface area contributed by atoms with Gasteiger partial charge in [-0.25, -0.2) is 9.59 Å². The Balaban J connectivity index is 2.52. The van der Waals surface area contributed by atoms with E-state index in [-0.39, 0.29) is 6.61 Å². The number of benzene rings is 1. The quantitative estimate of drug-likeness (QED) is 0.845. The molecule has 0 aromatic heterocycles. The van der Waals surface area contributed by atoms with Gasteiger partial charge >= 0.3 is 18.2 Å². The summed E-state index contributed by atoms with van der Waals surface area (Å²) in [7, 11) is 0. The summed E-state index contributed by atoms with van der Waals surface area (Å²) < 4.78 is 42.1. The summed E-state index contributed by atoms with van der Waals surface area (Å²) in [5.74, 6) is -3.41. The van der Waals surface area contributed by atoms with Gasteiger partial charge in [-0.05, 0) is 12.0 Å². The van der Waals surface area contributed by atoms with Gasteiger partial charge in [0.05, 0.1) is 5.92 Å². The van der Waals surface area contributed by atoms with Gasteiger partial charge in [-0.3, -0.25) is 0 Å². The fourth-order valence-corrected chi connectivity index (χ4v) is 1.62. The monoisotopic (exact) mass is 319 g/mol. The maximum atomic E-state index is 12.4. The van der Waals surface area contributed by atoms with E-state index in [1.165, 1.54) is 0 Å². The summed E-state index contributed by atoms with van der Waals surface area (Å²) in [6.07, 6.45) is -6.37. The molecule has 0 saturated carbocycles. The molecule has 5 nitrogen and oxygen atoms in total. The van der Waals surface area contributed by atoms with Crippen molar-refractivity contribution in [1.29, 1.82) is 0 Å². The number of alkyl halides is 3. The molecule has 0 radical (unpaired) electrons. The minimum absolute atomic E-state index is 0.103. The Morgan fingerprint density at radius 1 is 1.27 bits per heavy atom. The number of halogens is 3. The summed E-state index contributed by atoms with van der Waals surface area (Å²) in [5.41, 5.74) is 0.674. The van der Waals surface area contributed by atoms with Gasteiger partial charge in [0.1, 0.15) is 12.6 Å². The number of carbonyl (C=O) groups excluding carboxylic acids is 1. The van der Waals surface area contributed by atoms with Crippen LogP contribution in [0.1, 0.15) is 18.9 Å². The first-order chi connectivity index (χ1) is 10.2. The van der Waals surface area contributed by atoms with E-state index in [0.29, 0.717) is 5.56 Å². The molecule has 0 aliphatic rings. The van der Waals surface area contributed by atoms with Gasteiger partial charge in [0.2, 0.25) is 0 Å². The van der Waals surface area contributed by atoms with Crippen molar-refractivity contribution in [3.05, 3.63) is 35.9 Å². The number of rotatable bonds is 6. The summed E-state index contributed by atoms with van der Waals surface area (Å²) in [4.78, 5) is 22.4. The lowest BCUT2D eigenvalue weighted by atomic mass is 10.0. The number of hydrogen-bond acceptors (Lipinski definition) is 3. The lowest BCUT2D eigenvalue weighted by Crippen LogP contribution is -2.43. The van der Waals surface area contributed by atoms with E-state index in [4.69, 9.17) is 9.84 Å². The molecule has 0 spiro atoms. The predicted molar refractivity (Wildman–Crippen MR) is 71.0 cm³/mol. The zero-order chi connectivity index (χ0) is 16.8. The molecule has 0 heterocycles. The maximum Gasteiger partial charge on any atom is 0.408 e. The number of nitrogens with one attached hydrogen (secondary N) is 1. The van der Waals surface area contributed by atoms with E-state index in [2.05, 4.69) is 0 Å². The summed E-state index contributed by atoms with van der Waals surface area (Å²) in [5, 5.41) is 10.8. The van der Waals surface area contributed by atoms with Gasteiger partial charge in [-0.1, -0.05) is 37.3 Å². The molecule has 22 heavy (non-hydrogen) atoms. The molecule has 0 fully saturated rings. The fourth-order valence-electron chi connectivity index (χ4n) is 1.62. The molecule has 1 rings (SSSR count). The zero-order valence-electron chi connectivity index (χ0n) is 11.8. The van der Waals surface area contributed by atoms with Crippen LogP contribution in [0, 0.1) is 5.92 Å². The van der Waals surface area contributed by atoms with E-state index in [0.717, 1.165) is 6.92 Å². The van der Waals surface area contributed by atoms with Crippen LogP contribution in [0.2, 0.25) is 0 Å². The van der Waals surface area contributed by atoms with Crippen molar-refractivity contribution in [3.8, 4) is 0 Å². The lowest BCUT2D eigenvalue weighted by Gasteiger charge is -2.20. The van der Waals surface area contributed by atoms with Gasteiger partial charge in [0.15, 0.2) is 0 Å². The molecule has 2 N–H and O–H groups in total. The highest BCUT2D eigenvalue weighted by Crippen LogP contribution is 2.29. The van der Waals surface area contributed by atoms with E-state index >= 15 is 0 Å². The van der Waals surface area contributed by atoms with E-state index in [1.54, 1.807) is 30.3 Å². The zero-order valence-corrected chi connectivity index (χ0v) is 11.8. The second kappa shape index (κ2) is 7.67. The van der Waals surface area contributed by atoms with Crippen LogP contribution in [-0.2, 0) is 16.1 Å². The molecule has 8 heteroatoms. The van der Waals surface area contributed by atoms with E-state index < -0.39 is 36.6 Å². The predicted octanol–water partition coefficient (Wildman–Crippen LogP) is 2.95. The van der Waals surface area contributed by atoms with Gasteiger partial charge in [0.25, 0.3) is 0 Å². The van der Waals surface area contributed by atoms with Crippen LogP contribution >= 0.6 is 0 Å². The van der Waals surface area contributed by atoms with Crippen LogP contribution in [0.3, 0.4) is 0 Å². The Hall–Kier alpha value is -2.25. The maximum absolute atomic E-state index is 12.4. The first-order valence-corrected chi connectivity index (χ1v) is 6.47. The first kappa shape index (κ1) is 17.8. The Bertz CT molecular complexity index is 505. The van der Waals surface area contributed by atoms with Crippen molar-refractivity contribution >= 4 is 12.1 Å². The molecular weight excluding hydrogens is 303 g/mol. The van der Waals surface area contributed by atoms with Crippen molar-refractivity contribution in [2.45, 2.75) is 32.2 Å². The van der Waals surface area contributed by atoms with Gasteiger partial charge < -0.3 is 15.2 Å². The molecule has 1 amide bonds. The third-order valence-corrected chi connectivity index (χ3v) is 2.95. The molecule has 0 aliphatic carbocycles. The Labute approximate surface area is 125 Å². The number of ether oxygens (including phenoxy) is 1. The highest BCUT2D eigenvalue weighted by atomic mass is 19.4. The number of aliphatic carboxylic acids is 1. The van der Waals surface area contributed by atoms with Gasteiger partial charge in [-0.15, -0.1) is 0 Å². The van der Waals surface area contributed by atoms with Gasteiger partial charge in [-0.2, -0.15) is 13.2 Å². The molecule has 0 bridgehead atoms. The summed E-state index contributed by atoms with van der Waals surface area (Å²) >= 11 is 0. The minimum Gasteiger partial charge on any atom is -0.480 e. The van der Waals surface area contributed by atoms with Crippen LogP contribution in [0.5, 0.6) is 0 Å². The number of alkyl carbamates (subject to hydrolysis) is 1. The standard InChI is InChI=1S/C14H16F3NO4/c1-9(14(15,16)17)7-11(12(19)20)18-13(21)22-8-10-5-3-2-4-6-10/h2-6,9,11H,7-8H2,1H3,(H,18,21)(H,19,20)/t9?,11-/m0/s1. The SMILES string of the molecule is CC(C[C@H](NC(=O)OCc1ccccc1)C(=O)O)C(F)(F)F. The van der Waals surface area contributed by atoms with Crippen LogP contribution in [0.25, 0.3) is 0 Å². The van der Waals surface area contributed by atoms with Crippen LogP contribution in [-0.4, -0.2) is 29.4 Å². The molecule has 2 atom stereocenters. The highest BCUT2D eigenvalue weighted by Gasteiger charge is 2.39. The summed E-state index contributed by atoms with van der Waals surface area (Å²) in [6.45, 7) is 0.751. The number of hydrogen-bond donors (Lipinski definition) is 2. The highest BCUT2D eigenvalue weighted by molar-refractivity contribution is 5.79. The Morgan fingerprint density at radius 3 is 2.36 bits per heavy atom. The summed E-state index contributed by atoms with van der Waals surface area (Å²) in [6, 6.07) is 6.92. The third-order valence-electron chi connectivity index (χ3n) is 2.95. The van der Waals surface area contributed by atoms with Crippen LogP contribution in [0.4, 0.5) is 18.0 Å². The molecule has 122 valence electrons. The second-order valence-corrected chi connectivity index (χ2v) is 4.78. The number of carboxylic acids is 1. The van der Waals surface area contributed by atoms with Gasteiger partial charge in [0, 0.05) is 0 Å². The Morgan fingerprint density at radius 2 is 1.86 bits per heavy atom. The van der Waals surface area contributed by atoms with Crippen LogP contribution in [0.15, 0.2) is 30.3 Å². The molecular formula is C14H16F3NO4. The van der Waals surface area contributed by atoms with Crippen molar-refractivity contribution < 1.29 is 32.6 Å². The largest absolute Gasteiger partial charge is 0.480 e. The number of carbonyl (C=O) groups is 2. The van der Waals surface area contributed by atoms with E-state index in [1.807, 2.05) is 5.32 Å². The van der Waals surface area contributed by atoms with E-state index in [9.17, 15) is 22.8 Å². The minimum atomic E-state index is -4.52. The van der Waals surface area contributed by atoms with Crippen molar-refractivity contribution in [2.24, 2.45) is 5.92 Å². The number of amides is 1. The normalized spacial score (nSPS) is 14.0. The fraction of sp³-hybridized carbons (Fsp3) is 0.429.